The largest absolute Gasteiger partial charge is 0.495 e. The van der Waals surface area contributed by atoms with Crippen LogP contribution >= 0.6 is 0 Å². The topological polar surface area (TPSA) is 75.7 Å². The third-order valence-corrected chi connectivity index (χ3v) is 5.83. The van der Waals surface area contributed by atoms with Gasteiger partial charge in [-0.25, -0.2) is 8.42 Å². The van der Waals surface area contributed by atoms with Gasteiger partial charge in [-0.15, -0.1) is 0 Å². The molecule has 0 unspecified atom stereocenters. The lowest BCUT2D eigenvalue weighted by Gasteiger charge is -2.20. The molecule has 0 aliphatic rings. The quantitative estimate of drug-likeness (QED) is 0.738. The highest BCUT2D eigenvalue weighted by Crippen LogP contribution is 2.27. The van der Waals surface area contributed by atoms with E-state index in [1.807, 2.05) is 0 Å². The summed E-state index contributed by atoms with van der Waals surface area (Å²) in [5.41, 5.74) is 0.310. The van der Waals surface area contributed by atoms with Crippen molar-refractivity contribution in [2.75, 3.05) is 26.7 Å². The lowest BCUT2D eigenvalue weighted by atomic mass is 10.1. The van der Waals surface area contributed by atoms with Crippen LogP contribution in [-0.4, -0.2) is 45.4 Å². The molecule has 1 aromatic carbocycles. The summed E-state index contributed by atoms with van der Waals surface area (Å²) in [6, 6.07) is 4.48. The van der Waals surface area contributed by atoms with Crippen molar-refractivity contribution in [2.45, 2.75) is 39.0 Å². The molecule has 0 fully saturated rings. The Kier molecular flexibility index (Phi) is 7.69. The van der Waals surface area contributed by atoms with E-state index in [2.05, 4.69) is 19.2 Å². The van der Waals surface area contributed by atoms with Crippen LogP contribution in [0.5, 0.6) is 5.75 Å². The Morgan fingerprint density at radius 1 is 1.25 bits per heavy atom. The van der Waals surface area contributed by atoms with Crippen LogP contribution in [0.15, 0.2) is 23.1 Å². The summed E-state index contributed by atoms with van der Waals surface area (Å²) >= 11 is 0. The second-order valence-corrected chi connectivity index (χ2v) is 7.80. The first kappa shape index (κ1) is 20.4. The molecule has 136 valence electrons. The molecule has 7 heteroatoms. The first-order valence-corrected chi connectivity index (χ1v) is 9.68. The molecule has 1 amide bonds. The third kappa shape index (κ3) is 4.95. The minimum absolute atomic E-state index is 0.0187. The number of amides is 1. The molecule has 0 saturated carbocycles. The van der Waals surface area contributed by atoms with Gasteiger partial charge in [0, 0.05) is 25.2 Å². The smallest absolute Gasteiger partial charge is 0.251 e. The second kappa shape index (κ2) is 9.03. The number of sulfonamides is 1. The van der Waals surface area contributed by atoms with Gasteiger partial charge in [0.15, 0.2) is 0 Å². The molecular weight excluding hydrogens is 328 g/mol. The van der Waals surface area contributed by atoms with Gasteiger partial charge in [0.1, 0.15) is 10.6 Å². The van der Waals surface area contributed by atoms with Crippen LogP contribution in [0.25, 0.3) is 0 Å². The number of carbonyl (C=O) groups is 1. The standard InChI is InChI=1S/C17H28N2O4S/c1-6-19(7-2)24(21,22)16-12-14(8-9-15(16)23-5)17(20)18-11-10-13(3)4/h8-9,12-13H,6-7,10-11H2,1-5H3,(H,18,20). The first-order chi connectivity index (χ1) is 11.3. The Morgan fingerprint density at radius 2 is 1.88 bits per heavy atom. The van der Waals surface area contributed by atoms with Gasteiger partial charge < -0.3 is 10.1 Å². The van der Waals surface area contributed by atoms with E-state index in [4.69, 9.17) is 4.74 Å². The van der Waals surface area contributed by atoms with Gasteiger partial charge in [-0.1, -0.05) is 27.7 Å². The molecular formula is C17H28N2O4S. The van der Waals surface area contributed by atoms with Crippen LogP contribution in [0.2, 0.25) is 0 Å². The number of hydrogen-bond acceptors (Lipinski definition) is 4. The molecule has 0 heterocycles. The second-order valence-electron chi connectivity index (χ2n) is 5.89. The highest BCUT2D eigenvalue weighted by Gasteiger charge is 2.26. The Hall–Kier alpha value is -1.60. The van der Waals surface area contributed by atoms with Crippen molar-refractivity contribution < 1.29 is 17.9 Å². The normalized spacial score (nSPS) is 11.8. The van der Waals surface area contributed by atoms with Crippen molar-refractivity contribution in [3.63, 3.8) is 0 Å². The van der Waals surface area contributed by atoms with E-state index in [1.165, 1.54) is 23.5 Å². The average molecular weight is 356 g/mol. The van der Waals surface area contributed by atoms with Crippen LogP contribution in [-0.2, 0) is 10.0 Å². The zero-order valence-electron chi connectivity index (χ0n) is 15.1. The third-order valence-electron chi connectivity index (χ3n) is 3.76. The number of ether oxygens (including phenoxy) is 1. The molecule has 1 N–H and O–H groups in total. The van der Waals surface area contributed by atoms with Gasteiger partial charge >= 0.3 is 0 Å². The van der Waals surface area contributed by atoms with E-state index in [-0.39, 0.29) is 16.6 Å². The summed E-state index contributed by atoms with van der Waals surface area (Å²) in [6.07, 6.45) is 0.868. The minimum atomic E-state index is -3.71. The van der Waals surface area contributed by atoms with E-state index >= 15 is 0 Å². The van der Waals surface area contributed by atoms with Crippen molar-refractivity contribution in [3.05, 3.63) is 23.8 Å². The fraction of sp³-hybridized carbons (Fsp3) is 0.588. The Balaban J connectivity index is 3.15. The predicted octanol–water partition coefficient (Wildman–Crippen LogP) is 2.50. The fourth-order valence-electron chi connectivity index (χ4n) is 2.30. The number of nitrogens with one attached hydrogen (secondary N) is 1. The highest BCUT2D eigenvalue weighted by molar-refractivity contribution is 7.89. The van der Waals surface area contributed by atoms with Crippen LogP contribution < -0.4 is 10.1 Å². The van der Waals surface area contributed by atoms with Gasteiger partial charge in [-0.05, 0) is 30.5 Å². The average Bonchev–Trinajstić information content (AvgIpc) is 2.54. The minimum Gasteiger partial charge on any atom is -0.495 e. The van der Waals surface area contributed by atoms with Crippen molar-refractivity contribution >= 4 is 15.9 Å². The maximum atomic E-state index is 12.8. The number of benzene rings is 1. The Labute approximate surface area is 145 Å². The summed E-state index contributed by atoms with van der Waals surface area (Å²) < 4.78 is 32.1. The maximum absolute atomic E-state index is 12.8. The Bertz CT molecular complexity index is 653. The molecule has 0 radical (unpaired) electrons. The van der Waals surface area contributed by atoms with Gasteiger partial charge in [0.2, 0.25) is 10.0 Å². The molecule has 0 saturated heterocycles. The number of hydrogen-bond donors (Lipinski definition) is 1. The number of methoxy groups -OCH3 is 1. The highest BCUT2D eigenvalue weighted by atomic mass is 32.2. The summed E-state index contributed by atoms with van der Waals surface area (Å²) in [4.78, 5) is 12.3. The van der Waals surface area contributed by atoms with E-state index in [1.54, 1.807) is 19.9 Å². The van der Waals surface area contributed by atoms with Gasteiger partial charge in [-0.2, -0.15) is 4.31 Å². The SMILES string of the molecule is CCN(CC)S(=O)(=O)c1cc(C(=O)NCCC(C)C)ccc1OC. The van der Waals surface area contributed by atoms with Gasteiger partial charge in [0.25, 0.3) is 5.91 Å². The lowest BCUT2D eigenvalue weighted by molar-refractivity contribution is 0.0951. The lowest BCUT2D eigenvalue weighted by Crippen LogP contribution is -2.31. The molecule has 0 aliphatic heterocycles. The number of carbonyl (C=O) groups excluding carboxylic acids is 1. The number of nitrogens with zero attached hydrogens (tertiary/aromatic N) is 1. The van der Waals surface area contributed by atoms with E-state index in [0.29, 0.717) is 31.1 Å². The van der Waals surface area contributed by atoms with Gasteiger partial charge in [0.05, 0.1) is 7.11 Å². The van der Waals surface area contributed by atoms with Crippen LogP contribution in [0.3, 0.4) is 0 Å². The van der Waals surface area contributed by atoms with Crippen LogP contribution in [0, 0.1) is 5.92 Å². The molecule has 6 nitrogen and oxygen atoms in total. The maximum Gasteiger partial charge on any atom is 0.251 e. The molecule has 1 aromatic rings. The number of rotatable bonds is 9. The van der Waals surface area contributed by atoms with Crippen molar-refractivity contribution in [2.24, 2.45) is 5.92 Å². The van der Waals surface area contributed by atoms with Crippen LogP contribution in [0.1, 0.15) is 44.5 Å². The summed E-state index contributed by atoms with van der Waals surface area (Å²) in [5.74, 6) is 0.440. The van der Waals surface area contributed by atoms with E-state index in [0.717, 1.165) is 6.42 Å². The first-order valence-electron chi connectivity index (χ1n) is 8.24. The van der Waals surface area contributed by atoms with Crippen LogP contribution in [0.4, 0.5) is 0 Å². The van der Waals surface area contributed by atoms with Crippen molar-refractivity contribution in [1.82, 2.24) is 9.62 Å². The zero-order chi connectivity index (χ0) is 18.3. The van der Waals surface area contributed by atoms with E-state index in [9.17, 15) is 13.2 Å². The van der Waals surface area contributed by atoms with E-state index < -0.39 is 10.0 Å². The fourth-order valence-corrected chi connectivity index (χ4v) is 3.94. The predicted molar refractivity (Wildman–Crippen MR) is 94.9 cm³/mol. The molecule has 1 rings (SSSR count). The molecule has 24 heavy (non-hydrogen) atoms. The zero-order valence-corrected chi connectivity index (χ0v) is 15.9. The summed E-state index contributed by atoms with van der Waals surface area (Å²) in [7, 11) is -2.29. The summed E-state index contributed by atoms with van der Waals surface area (Å²) in [5, 5.41) is 2.82. The van der Waals surface area contributed by atoms with Crippen molar-refractivity contribution in [3.8, 4) is 5.75 Å². The molecule has 0 aromatic heterocycles. The summed E-state index contributed by atoms with van der Waals surface area (Å²) in [6.45, 7) is 8.97. The molecule has 0 aliphatic carbocycles. The van der Waals surface area contributed by atoms with Gasteiger partial charge in [-0.3, -0.25) is 4.79 Å². The molecule has 0 spiro atoms. The Morgan fingerprint density at radius 3 is 2.38 bits per heavy atom. The van der Waals surface area contributed by atoms with Crippen molar-refractivity contribution in [1.29, 1.82) is 0 Å². The monoisotopic (exact) mass is 356 g/mol. The molecule has 0 atom stereocenters. The molecule has 0 bridgehead atoms.